The summed E-state index contributed by atoms with van der Waals surface area (Å²) in [5.74, 6) is 0.803. The van der Waals surface area contributed by atoms with E-state index in [0.29, 0.717) is 22.4 Å². The molecule has 3 N–H and O–H groups in total. The van der Waals surface area contributed by atoms with Crippen LogP contribution in [0.15, 0.2) is 30.3 Å². The summed E-state index contributed by atoms with van der Waals surface area (Å²) in [5, 5.41) is 4.67. The van der Waals surface area contributed by atoms with E-state index in [0.717, 1.165) is 11.4 Å². The smallest absolute Gasteiger partial charge is 0.147 e. The number of hydrogen-bond acceptors (Lipinski definition) is 3. The number of nitrogens with two attached hydrogens (primary N) is 1. The zero-order chi connectivity index (χ0) is 13.8. The molecule has 2 aromatic rings. The van der Waals surface area contributed by atoms with Crippen LogP contribution in [0.25, 0.3) is 0 Å². The highest BCUT2D eigenvalue weighted by Gasteiger charge is 2.06. The first-order valence-electron chi connectivity index (χ1n) is 5.66. The molecule has 0 bridgehead atoms. The minimum Gasteiger partial charge on any atom is -0.382 e. The minimum absolute atomic E-state index is 0.264. The van der Waals surface area contributed by atoms with Gasteiger partial charge in [-0.05, 0) is 30.2 Å². The van der Waals surface area contributed by atoms with Gasteiger partial charge in [0.15, 0.2) is 0 Å². The van der Waals surface area contributed by atoms with Crippen molar-refractivity contribution in [3.63, 3.8) is 0 Å². The Kier molecular flexibility index (Phi) is 4.75. The summed E-state index contributed by atoms with van der Waals surface area (Å²) >= 11 is 17.7. The first-order chi connectivity index (χ1) is 9.06. The van der Waals surface area contributed by atoms with Gasteiger partial charge >= 0.3 is 0 Å². The second kappa shape index (κ2) is 6.33. The SMILES string of the molecule is Nc1nc(NCCc2ccc(Cl)cc2)c(Cl)cc1Cl. The van der Waals surface area contributed by atoms with Crippen LogP contribution < -0.4 is 11.1 Å². The van der Waals surface area contributed by atoms with Crippen LogP contribution in [0.3, 0.4) is 0 Å². The van der Waals surface area contributed by atoms with Crippen LogP contribution in [0, 0.1) is 0 Å². The molecule has 0 saturated heterocycles. The summed E-state index contributed by atoms with van der Waals surface area (Å²) in [6, 6.07) is 9.27. The zero-order valence-corrected chi connectivity index (χ0v) is 12.2. The number of aromatic nitrogens is 1. The molecule has 1 aromatic carbocycles. The van der Waals surface area contributed by atoms with Crippen molar-refractivity contribution in [1.29, 1.82) is 0 Å². The minimum atomic E-state index is 0.264. The van der Waals surface area contributed by atoms with Gasteiger partial charge in [0.05, 0.1) is 10.0 Å². The summed E-state index contributed by atoms with van der Waals surface area (Å²) in [6.45, 7) is 0.690. The topological polar surface area (TPSA) is 50.9 Å². The fourth-order valence-corrected chi connectivity index (χ4v) is 2.13. The van der Waals surface area contributed by atoms with Crippen LogP contribution in [-0.2, 0) is 6.42 Å². The van der Waals surface area contributed by atoms with Gasteiger partial charge in [0, 0.05) is 11.6 Å². The summed E-state index contributed by atoms with van der Waals surface area (Å²) in [4.78, 5) is 4.10. The number of nitrogens with zero attached hydrogens (tertiary/aromatic N) is 1. The van der Waals surface area contributed by atoms with E-state index in [1.165, 1.54) is 5.56 Å². The number of pyridine rings is 1. The second-order valence-corrected chi connectivity index (χ2v) is 5.24. The Balaban J connectivity index is 1.96. The molecule has 0 aliphatic rings. The quantitative estimate of drug-likeness (QED) is 0.885. The number of hydrogen-bond donors (Lipinski definition) is 2. The fraction of sp³-hybridized carbons (Fsp3) is 0.154. The Morgan fingerprint density at radius 1 is 1.05 bits per heavy atom. The maximum absolute atomic E-state index is 6.02. The Morgan fingerprint density at radius 2 is 1.74 bits per heavy atom. The normalized spacial score (nSPS) is 10.5. The standard InChI is InChI=1S/C13H12Cl3N3/c14-9-3-1-8(2-4-9)5-6-18-13-11(16)7-10(15)12(17)19-13/h1-4,7H,5-6H2,(H3,17,18,19). The average molecular weight is 317 g/mol. The third-order valence-corrected chi connectivity index (χ3v) is 3.42. The fourth-order valence-electron chi connectivity index (χ4n) is 1.58. The molecule has 0 spiro atoms. The van der Waals surface area contributed by atoms with Gasteiger partial charge < -0.3 is 11.1 Å². The lowest BCUT2D eigenvalue weighted by Crippen LogP contribution is -2.08. The molecule has 0 aliphatic carbocycles. The van der Waals surface area contributed by atoms with Crippen molar-refractivity contribution in [2.24, 2.45) is 0 Å². The Morgan fingerprint density at radius 3 is 2.42 bits per heavy atom. The number of nitrogen functional groups attached to an aromatic ring is 1. The van der Waals surface area contributed by atoms with Crippen molar-refractivity contribution in [3.8, 4) is 0 Å². The Hall–Kier alpha value is -1.16. The van der Waals surface area contributed by atoms with E-state index in [1.54, 1.807) is 6.07 Å². The molecule has 1 aromatic heterocycles. The number of nitrogens with one attached hydrogen (secondary N) is 1. The maximum Gasteiger partial charge on any atom is 0.147 e. The molecule has 0 fully saturated rings. The number of rotatable bonds is 4. The van der Waals surface area contributed by atoms with E-state index in [-0.39, 0.29) is 5.82 Å². The molecule has 1 heterocycles. The van der Waals surface area contributed by atoms with Crippen LogP contribution in [0.5, 0.6) is 0 Å². The maximum atomic E-state index is 6.02. The van der Waals surface area contributed by atoms with Gasteiger partial charge in [0.1, 0.15) is 11.6 Å². The molecular weight excluding hydrogens is 305 g/mol. The summed E-state index contributed by atoms with van der Waals surface area (Å²) in [5.41, 5.74) is 6.81. The second-order valence-electron chi connectivity index (χ2n) is 3.99. The van der Waals surface area contributed by atoms with E-state index >= 15 is 0 Å². The van der Waals surface area contributed by atoms with Crippen LogP contribution in [0.4, 0.5) is 11.6 Å². The first-order valence-corrected chi connectivity index (χ1v) is 6.79. The number of benzene rings is 1. The first kappa shape index (κ1) is 14.3. The molecule has 0 atom stereocenters. The van der Waals surface area contributed by atoms with Crippen LogP contribution in [0.1, 0.15) is 5.56 Å². The summed E-state index contributed by atoms with van der Waals surface area (Å²) in [6.07, 6.45) is 0.831. The van der Waals surface area contributed by atoms with Crippen LogP contribution in [-0.4, -0.2) is 11.5 Å². The molecule has 0 amide bonds. The summed E-state index contributed by atoms with van der Waals surface area (Å²) in [7, 11) is 0. The highest BCUT2D eigenvalue weighted by molar-refractivity contribution is 6.37. The van der Waals surface area contributed by atoms with Gasteiger partial charge in [-0.1, -0.05) is 46.9 Å². The predicted octanol–water partition coefficient (Wildman–Crippen LogP) is 4.28. The lowest BCUT2D eigenvalue weighted by Gasteiger charge is -2.09. The van der Waals surface area contributed by atoms with E-state index in [2.05, 4.69) is 10.3 Å². The third-order valence-electron chi connectivity index (χ3n) is 2.58. The third kappa shape index (κ3) is 3.90. The monoisotopic (exact) mass is 315 g/mol. The van der Waals surface area contributed by atoms with Gasteiger partial charge in [-0.15, -0.1) is 0 Å². The molecule has 0 unspecified atom stereocenters. The summed E-state index contributed by atoms with van der Waals surface area (Å²) < 4.78 is 0. The molecule has 0 radical (unpaired) electrons. The lowest BCUT2D eigenvalue weighted by atomic mass is 10.1. The lowest BCUT2D eigenvalue weighted by molar-refractivity contribution is 1.01. The van der Waals surface area contributed by atoms with Crippen molar-refractivity contribution < 1.29 is 0 Å². The Bertz CT molecular complexity index is 570. The highest BCUT2D eigenvalue weighted by Crippen LogP contribution is 2.27. The molecular formula is C13H12Cl3N3. The zero-order valence-electron chi connectivity index (χ0n) is 9.96. The largest absolute Gasteiger partial charge is 0.382 e. The molecule has 100 valence electrons. The van der Waals surface area contributed by atoms with E-state index in [1.807, 2.05) is 24.3 Å². The van der Waals surface area contributed by atoms with Gasteiger partial charge in [-0.25, -0.2) is 4.98 Å². The molecule has 3 nitrogen and oxygen atoms in total. The Labute approximate surface area is 126 Å². The van der Waals surface area contributed by atoms with Crippen molar-refractivity contribution in [1.82, 2.24) is 4.98 Å². The molecule has 0 saturated carbocycles. The van der Waals surface area contributed by atoms with E-state index < -0.39 is 0 Å². The van der Waals surface area contributed by atoms with Gasteiger partial charge in [-0.3, -0.25) is 0 Å². The highest BCUT2D eigenvalue weighted by atomic mass is 35.5. The molecule has 19 heavy (non-hydrogen) atoms. The predicted molar refractivity (Wildman–Crippen MR) is 82.3 cm³/mol. The van der Waals surface area contributed by atoms with Crippen molar-refractivity contribution in [2.45, 2.75) is 6.42 Å². The van der Waals surface area contributed by atoms with Gasteiger partial charge in [0.2, 0.25) is 0 Å². The van der Waals surface area contributed by atoms with Crippen molar-refractivity contribution in [2.75, 3.05) is 17.6 Å². The van der Waals surface area contributed by atoms with Crippen LogP contribution in [0.2, 0.25) is 15.1 Å². The molecule has 6 heteroatoms. The number of anilines is 2. The average Bonchev–Trinajstić information content (AvgIpc) is 2.38. The van der Waals surface area contributed by atoms with E-state index in [9.17, 15) is 0 Å². The van der Waals surface area contributed by atoms with Crippen molar-refractivity contribution in [3.05, 3.63) is 51.0 Å². The van der Waals surface area contributed by atoms with Gasteiger partial charge in [0.25, 0.3) is 0 Å². The van der Waals surface area contributed by atoms with Crippen molar-refractivity contribution >= 4 is 46.4 Å². The molecule has 2 rings (SSSR count). The van der Waals surface area contributed by atoms with Gasteiger partial charge in [-0.2, -0.15) is 0 Å². The molecule has 0 aliphatic heterocycles. The van der Waals surface area contributed by atoms with E-state index in [4.69, 9.17) is 40.5 Å². The number of halogens is 3. The van der Waals surface area contributed by atoms with Crippen LogP contribution >= 0.6 is 34.8 Å².